The molecule has 1 aliphatic heterocycles. The van der Waals surface area contributed by atoms with E-state index in [4.69, 9.17) is 4.99 Å². The highest BCUT2D eigenvalue weighted by Crippen LogP contribution is 2.18. The number of aromatic nitrogens is 1. The summed E-state index contributed by atoms with van der Waals surface area (Å²) in [6.07, 6.45) is 0. The Hall–Kier alpha value is -2.12. The number of nitrogens with one attached hydrogen (secondary N) is 2. The molecule has 1 saturated heterocycles. The van der Waals surface area contributed by atoms with Gasteiger partial charge in [0.15, 0.2) is 5.96 Å². The molecular weight excluding hydrogens is 380 g/mol. The van der Waals surface area contributed by atoms with Crippen LogP contribution in [0.25, 0.3) is 0 Å². The van der Waals surface area contributed by atoms with Crippen molar-refractivity contribution < 1.29 is 0 Å². The zero-order chi connectivity index (χ0) is 20.6. The Morgan fingerprint density at radius 3 is 2.48 bits per heavy atom. The predicted molar refractivity (Wildman–Crippen MR) is 124 cm³/mol. The van der Waals surface area contributed by atoms with Crippen molar-refractivity contribution in [1.82, 2.24) is 20.5 Å². The monoisotopic (exact) mass is 414 g/mol. The third kappa shape index (κ3) is 6.18. The summed E-state index contributed by atoms with van der Waals surface area (Å²) < 4.78 is 0. The van der Waals surface area contributed by atoms with Crippen molar-refractivity contribution in [3.63, 3.8) is 0 Å². The summed E-state index contributed by atoms with van der Waals surface area (Å²) in [4.78, 5) is 15.5. The molecule has 1 aliphatic rings. The maximum atomic E-state index is 4.76. The molecule has 1 fully saturated rings. The van der Waals surface area contributed by atoms with Crippen molar-refractivity contribution in [2.45, 2.75) is 40.3 Å². The SMILES string of the molecule is CCNC(=NCc1sc(C)nc1C)NCC(C)N1CCN(c2ccccc2)CC1. The summed E-state index contributed by atoms with van der Waals surface area (Å²) in [5.41, 5.74) is 2.42. The van der Waals surface area contributed by atoms with Crippen molar-refractivity contribution in [1.29, 1.82) is 0 Å². The standard InChI is InChI=1S/C22H34N6S/c1-5-23-22(25-16-21-18(3)26-19(4)29-21)24-15-17(2)27-11-13-28(14-12-27)20-9-7-6-8-10-20/h6-10,17H,5,11-16H2,1-4H3,(H2,23,24,25). The number of nitrogens with zero attached hydrogens (tertiary/aromatic N) is 4. The Kier molecular flexibility index (Phi) is 7.89. The van der Waals surface area contributed by atoms with Crippen molar-refractivity contribution >= 4 is 23.0 Å². The van der Waals surface area contributed by atoms with E-state index in [2.05, 4.69) is 76.5 Å². The largest absolute Gasteiger partial charge is 0.369 e. The minimum absolute atomic E-state index is 0.462. The minimum atomic E-state index is 0.462. The van der Waals surface area contributed by atoms with Crippen LogP contribution in [-0.2, 0) is 6.54 Å². The lowest BCUT2D eigenvalue weighted by atomic mass is 10.2. The average molecular weight is 415 g/mol. The summed E-state index contributed by atoms with van der Waals surface area (Å²) in [7, 11) is 0. The lowest BCUT2D eigenvalue weighted by molar-refractivity contribution is 0.197. The zero-order valence-electron chi connectivity index (χ0n) is 18.1. The van der Waals surface area contributed by atoms with Gasteiger partial charge in [0.1, 0.15) is 0 Å². The summed E-state index contributed by atoms with van der Waals surface area (Å²) in [6.45, 7) is 15.3. The van der Waals surface area contributed by atoms with Crippen LogP contribution in [0.1, 0.15) is 29.4 Å². The number of piperazine rings is 1. The number of benzene rings is 1. The van der Waals surface area contributed by atoms with E-state index in [-0.39, 0.29) is 0 Å². The van der Waals surface area contributed by atoms with Crippen LogP contribution in [-0.4, -0.2) is 61.2 Å². The predicted octanol–water partition coefficient (Wildman–Crippen LogP) is 3.03. The lowest BCUT2D eigenvalue weighted by Crippen LogP contribution is -2.53. The van der Waals surface area contributed by atoms with Crippen LogP contribution < -0.4 is 15.5 Å². The molecule has 7 heteroatoms. The quantitative estimate of drug-likeness (QED) is 0.539. The fraction of sp³-hybridized carbons (Fsp3) is 0.545. The Morgan fingerprint density at radius 2 is 1.86 bits per heavy atom. The highest BCUT2D eigenvalue weighted by atomic mass is 32.1. The Labute approximate surface area is 179 Å². The van der Waals surface area contributed by atoms with Gasteiger partial charge in [-0.25, -0.2) is 9.98 Å². The van der Waals surface area contributed by atoms with Crippen LogP contribution in [0, 0.1) is 13.8 Å². The first-order valence-corrected chi connectivity index (χ1v) is 11.4. The minimum Gasteiger partial charge on any atom is -0.369 e. The Bertz CT molecular complexity index is 780. The molecule has 158 valence electrons. The van der Waals surface area contributed by atoms with Gasteiger partial charge in [0.25, 0.3) is 0 Å². The van der Waals surface area contributed by atoms with Crippen molar-refractivity contribution in [2.24, 2.45) is 4.99 Å². The molecule has 2 aromatic rings. The molecule has 29 heavy (non-hydrogen) atoms. The third-order valence-electron chi connectivity index (χ3n) is 5.35. The molecule has 2 N–H and O–H groups in total. The molecule has 1 unspecified atom stereocenters. The fourth-order valence-corrected chi connectivity index (χ4v) is 4.51. The summed E-state index contributed by atoms with van der Waals surface area (Å²) >= 11 is 1.73. The van der Waals surface area contributed by atoms with Gasteiger partial charge in [0.05, 0.1) is 17.2 Å². The number of anilines is 1. The van der Waals surface area contributed by atoms with Crippen molar-refractivity contribution in [2.75, 3.05) is 44.2 Å². The van der Waals surface area contributed by atoms with Crippen LogP contribution in [0.5, 0.6) is 0 Å². The number of aliphatic imine (C=N–C) groups is 1. The third-order valence-corrected chi connectivity index (χ3v) is 6.41. The molecule has 0 bridgehead atoms. The second-order valence-corrected chi connectivity index (χ2v) is 8.81. The number of thiazole rings is 1. The van der Waals surface area contributed by atoms with Crippen LogP contribution in [0.3, 0.4) is 0 Å². The van der Waals surface area contributed by atoms with E-state index < -0.39 is 0 Å². The molecule has 0 saturated carbocycles. The van der Waals surface area contributed by atoms with E-state index in [1.165, 1.54) is 10.6 Å². The molecule has 0 radical (unpaired) electrons. The number of guanidine groups is 1. The highest BCUT2D eigenvalue weighted by Gasteiger charge is 2.21. The van der Waals surface area contributed by atoms with E-state index >= 15 is 0 Å². The Balaban J connectivity index is 1.48. The maximum Gasteiger partial charge on any atom is 0.191 e. The van der Waals surface area contributed by atoms with E-state index in [9.17, 15) is 0 Å². The molecule has 0 aliphatic carbocycles. The zero-order valence-corrected chi connectivity index (χ0v) is 18.9. The molecule has 1 atom stereocenters. The summed E-state index contributed by atoms with van der Waals surface area (Å²) in [5.74, 6) is 0.882. The maximum absolute atomic E-state index is 4.76. The molecule has 0 spiro atoms. The van der Waals surface area contributed by atoms with Gasteiger partial charge in [0, 0.05) is 55.9 Å². The number of hydrogen-bond acceptors (Lipinski definition) is 5. The second-order valence-electron chi connectivity index (χ2n) is 7.53. The normalized spacial score (nSPS) is 16.7. The smallest absolute Gasteiger partial charge is 0.191 e. The van der Waals surface area contributed by atoms with Crippen LogP contribution >= 0.6 is 11.3 Å². The van der Waals surface area contributed by atoms with Crippen LogP contribution in [0.2, 0.25) is 0 Å². The van der Waals surface area contributed by atoms with Crippen molar-refractivity contribution in [3.05, 3.63) is 45.9 Å². The molecule has 6 nitrogen and oxygen atoms in total. The molecule has 1 aromatic carbocycles. The molecule has 0 amide bonds. The van der Waals surface area contributed by atoms with E-state index in [1.54, 1.807) is 11.3 Å². The number of hydrogen-bond donors (Lipinski definition) is 2. The summed E-state index contributed by atoms with van der Waals surface area (Å²) in [5, 5.41) is 7.99. The van der Waals surface area contributed by atoms with Crippen LogP contribution in [0.4, 0.5) is 5.69 Å². The van der Waals surface area contributed by atoms with Crippen molar-refractivity contribution in [3.8, 4) is 0 Å². The molecule has 3 rings (SSSR count). The summed E-state index contributed by atoms with van der Waals surface area (Å²) in [6, 6.07) is 11.2. The topological polar surface area (TPSA) is 55.8 Å². The lowest BCUT2D eigenvalue weighted by Gasteiger charge is -2.39. The first-order chi connectivity index (χ1) is 14.1. The van der Waals surface area contributed by atoms with Gasteiger partial charge in [-0.05, 0) is 39.8 Å². The highest BCUT2D eigenvalue weighted by molar-refractivity contribution is 7.11. The number of rotatable bonds is 7. The second kappa shape index (κ2) is 10.6. The van der Waals surface area contributed by atoms with E-state index in [1.807, 2.05) is 6.92 Å². The van der Waals surface area contributed by atoms with Gasteiger partial charge >= 0.3 is 0 Å². The van der Waals surface area contributed by atoms with Crippen LogP contribution in [0.15, 0.2) is 35.3 Å². The molecular formula is C22H34N6S. The first kappa shape index (κ1) is 21.6. The van der Waals surface area contributed by atoms with Gasteiger partial charge in [-0.3, -0.25) is 4.90 Å². The number of para-hydroxylation sites is 1. The van der Waals surface area contributed by atoms with Gasteiger partial charge in [-0.1, -0.05) is 18.2 Å². The first-order valence-electron chi connectivity index (χ1n) is 10.6. The average Bonchev–Trinajstić information content (AvgIpc) is 3.07. The molecule has 2 heterocycles. The van der Waals surface area contributed by atoms with Gasteiger partial charge < -0.3 is 15.5 Å². The Morgan fingerprint density at radius 1 is 1.14 bits per heavy atom. The van der Waals surface area contributed by atoms with Gasteiger partial charge in [-0.15, -0.1) is 11.3 Å². The van der Waals surface area contributed by atoms with E-state index in [0.717, 1.165) is 55.9 Å². The van der Waals surface area contributed by atoms with Gasteiger partial charge in [-0.2, -0.15) is 0 Å². The molecule has 1 aromatic heterocycles. The van der Waals surface area contributed by atoms with E-state index in [0.29, 0.717) is 12.6 Å². The van der Waals surface area contributed by atoms with Gasteiger partial charge in [0.2, 0.25) is 0 Å². The number of aryl methyl sites for hydroxylation is 2. The fourth-order valence-electron chi connectivity index (χ4n) is 3.65.